The molecule has 1 aromatic rings. The molecule has 0 amide bonds. The number of para-hydroxylation sites is 1. The first-order chi connectivity index (χ1) is 7.57. The van der Waals surface area contributed by atoms with Crippen molar-refractivity contribution in [1.82, 2.24) is 4.31 Å². The number of benzene rings is 1. The summed E-state index contributed by atoms with van der Waals surface area (Å²) in [7, 11) is -1.83. The van der Waals surface area contributed by atoms with Crippen molar-refractivity contribution in [1.29, 1.82) is 0 Å². The van der Waals surface area contributed by atoms with E-state index in [4.69, 9.17) is 5.73 Å². The minimum Gasteiger partial charge on any atom is -0.329 e. The van der Waals surface area contributed by atoms with Crippen LogP contribution in [0.3, 0.4) is 0 Å². The van der Waals surface area contributed by atoms with Gasteiger partial charge in [0.2, 0.25) is 0 Å². The molecule has 2 N–H and O–H groups in total. The molecule has 1 atom stereocenters. The molecule has 0 spiro atoms. The number of nitrogens with zero attached hydrogens (tertiary/aromatic N) is 2. The van der Waals surface area contributed by atoms with Crippen molar-refractivity contribution in [2.45, 2.75) is 6.04 Å². The molecule has 0 aliphatic carbocycles. The van der Waals surface area contributed by atoms with Crippen molar-refractivity contribution in [3.8, 4) is 0 Å². The molecule has 0 unspecified atom stereocenters. The topological polar surface area (TPSA) is 66.6 Å². The maximum Gasteiger partial charge on any atom is 0.304 e. The summed E-state index contributed by atoms with van der Waals surface area (Å²) in [5, 5.41) is 0. The van der Waals surface area contributed by atoms with Crippen molar-refractivity contribution >= 4 is 15.9 Å². The second kappa shape index (κ2) is 4.04. The van der Waals surface area contributed by atoms with E-state index in [0.29, 0.717) is 18.8 Å². The van der Waals surface area contributed by atoms with Gasteiger partial charge in [-0.1, -0.05) is 18.2 Å². The van der Waals surface area contributed by atoms with Gasteiger partial charge in [-0.25, -0.2) is 0 Å². The first-order valence-corrected chi connectivity index (χ1v) is 6.48. The van der Waals surface area contributed by atoms with Crippen LogP contribution in [-0.2, 0) is 10.2 Å². The average Bonchev–Trinajstić information content (AvgIpc) is 2.52. The highest BCUT2D eigenvalue weighted by atomic mass is 32.2. The van der Waals surface area contributed by atoms with Crippen LogP contribution in [0.25, 0.3) is 0 Å². The molecule has 1 heterocycles. The Bertz CT molecular complexity index is 460. The monoisotopic (exact) mass is 241 g/mol. The third-order valence-corrected chi connectivity index (χ3v) is 4.79. The van der Waals surface area contributed by atoms with Gasteiger partial charge in [-0.2, -0.15) is 12.7 Å². The van der Waals surface area contributed by atoms with Gasteiger partial charge in [0.25, 0.3) is 0 Å². The lowest BCUT2D eigenvalue weighted by Gasteiger charge is -2.17. The zero-order chi connectivity index (χ0) is 11.8. The summed E-state index contributed by atoms with van der Waals surface area (Å²) in [5.74, 6) is 0. The minimum atomic E-state index is -3.39. The Balaban J connectivity index is 2.38. The lowest BCUT2D eigenvalue weighted by atomic mass is 10.2. The number of rotatable bonds is 2. The normalized spacial score (nSPS) is 24.9. The molecule has 0 bridgehead atoms. The van der Waals surface area contributed by atoms with Crippen LogP contribution in [0.5, 0.6) is 0 Å². The zero-order valence-electron chi connectivity index (χ0n) is 9.07. The van der Waals surface area contributed by atoms with Crippen LogP contribution in [0.15, 0.2) is 30.3 Å². The van der Waals surface area contributed by atoms with Crippen LogP contribution < -0.4 is 10.0 Å². The summed E-state index contributed by atoms with van der Waals surface area (Å²) in [5.41, 5.74) is 6.24. The Labute approximate surface area is 95.6 Å². The first kappa shape index (κ1) is 11.4. The summed E-state index contributed by atoms with van der Waals surface area (Å²) in [4.78, 5) is 0. The quantitative estimate of drug-likeness (QED) is 0.793. The lowest BCUT2D eigenvalue weighted by Crippen LogP contribution is -2.36. The lowest BCUT2D eigenvalue weighted by molar-refractivity contribution is 0.417. The molecule has 0 aromatic heterocycles. The van der Waals surface area contributed by atoms with Crippen molar-refractivity contribution in [3.05, 3.63) is 30.3 Å². The van der Waals surface area contributed by atoms with E-state index in [0.717, 1.165) is 0 Å². The summed E-state index contributed by atoms with van der Waals surface area (Å²) in [6.07, 6.45) is 0. The predicted molar refractivity (Wildman–Crippen MR) is 63.3 cm³/mol. The molecule has 1 aromatic carbocycles. The maximum atomic E-state index is 12.1. The van der Waals surface area contributed by atoms with Crippen LogP contribution >= 0.6 is 0 Å². The molecular formula is C10H15N3O2S. The van der Waals surface area contributed by atoms with E-state index in [1.807, 2.05) is 18.2 Å². The predicted octanol–water partition coefficient (Wildman–Crippen LogP) is 0.0105. The molecule has 1 aliphatic rings. The van der Waals surface area contributed by atoms with Gasteiger partial charge in [0, 0.05) is 13.6 Å². The van der Waals surface area contributed by atoms with Crippen LogP contribution in [0.4, 0.5) is 5.69 Å². The van der Waals surface area contributed by atoms with Crippen LogP contribution in [0.2, 0.25) is 0 Å². The van der Waals surface area contributed by atoms with Crippen molar-refractivity contribution in [2.75, 3.05) is 24.4 Å². The molecule has 2 rings (SSSR count). The van der Waals surface area contributed by atoms with E-state index >= 15 is 0 Å². The van der Waals surface area contributed by atoms with Gasteiger partial charge in [0.15, 0.2) is 0 Å². The van der Waals surface area contributed by atoms with Crippen LogP contribution in [0.1, 0.15) is 0 Å². The van der Waals surface area contributed by atoms with Gasteiger partial charge >= 0.3 is 10.2 Å². The number of likely N-dealkylation sites (N-methyl/N-ethyl adjacent to an activating group) is 1. The summed E-state index contributed by atoms with van der Waals surface area (Å²) < 4.78 is 26.8. The standard InChI is InChI=1S/C10H15N3O2S/c1-12-10(7-11)8-13(16(12,14)15)9-5-3-2-4-6-9/h2-6,10H,7-8,11H2,1H3/t10-/m0/s1. The first-order valence-electron chi connectivity index (χ1n) is 5.08. The molecule has 6 heteroatoms. The Morgan fingerprint density at radius 1 is 1.38 bits per heavy atom. The molecule has 0 saturated carbocycles. The molecular weight excluding hydrogens is 226 g/mol. The van der Waals surface area contributed by atoms with E-state index in [-0.39, 0.29) is 6.04 Å². The highest BCUT2D eigenvalue weighted by Crippen LogP contribution is 2.26. The minimum absolute atomic E-state index is 0.148. The van der Waals surface area contributed by atoms with E-state index in [1.165, 1.54) is 8.61 Å². The van der Waals surface area contributed by atoms with Crippen molar-refractivity contribution < 1.29 is 8.42 Å². The van der Waals surface area contributed by atoms with Gasteiger partial charge in [0.05, 0.1) is 18.3 Å². The van der Waals surface area contributed by atoms with Gasteiger partial charge in [0.1, 0.15) is 0 Å². The summed E-state index contributed by atoms with van der Waals surface area (Å²) in [6, 6.07) is 8.91. The second-order valence-electron chi connectivity index (χ2n) is 3.78. The molecule has 0 radical (unpaired) electrons. The van der Waals surface area contributed by atoms with E-state index in [9.17, 15) is 8.42 Å². The van der Waals surface area contributed by atoms with E-state index < -0.39 is 10.2 Å². The Morgan fingerprint density at radius 2 is 2.00 bits per heavy atom. The zero-order valence-corrected chi connectivity index (χ0v) is 9.89. The highest BCUT2D eigenvalue weighted by molar-refractivity contribution is 7.90. The Morgan fingerprint density at radius 3 is 2.50 bits per heavy atom. The van der Waals surface area contributed by atoms with Gasteiger partial charge in [-0.15, -0.1) is 0 Å². The molecule has 5 nitrogen and oxygen atoms in total. The van der Waals surface area contributed by atoms with Gasteiger partial charge in [-0.3, -0.25) is 4.31 Å². The second-order valence-corrected chi connectivity index (χ2v) is 5.69. The SMILES string of the molecule is CN1[C@@H](CN)CN(c2ccccc2)S1(=O)=O. The molecule has 88 valence electrons. The summed E-state index contributed by atoms with van der Waals surface area (Å²) in [6.45, 7) is 0.748. The van der Waals surface area contributed by atoms with E-state index in [1.54, 1.807) is 19.2 Å². The maximum absolute atomic E-state index is 12.1. The molecule has 1 saturated heterocycles. The fourth-order valence-electron chi connectivity index (χ4n) is 1.80. The van der Waals surface area contributed by atoms with Crippen molar-refractivity contribution in [3.63, 3.8) is 0 Å². The smallest absolute Gasteiger partial charge is 0.304 e. The third-order valence-electron chi connectivity index (χ3n) is 2.85. The van der Waals surface area contributed by atoms with Crippen LogP contribution in [0, 0.1) is 0 Å². The number of anilines is 1. The molecule has 1 fully saturated rings. The number of nitrogens with two attached hydrogens (primary N) is 1. The highest BCUT2D eigenvalue weighted by Gasteiger charge is 2.40. The largest absolute Gasteiger partial charge is 0.329 e. The van der Waals surface area contributed by atoms with Gasteiger partial charge in [-0.05, 0) is 12.1 Å². The Hall–Kier alpha value is -1.11. The number of hydrogen-bond acceptors (Lipinski definition) is 3. The number of hydrogen-bond donors (Lipinski definition) is 1. The fraction of sp³-hybridized carbons (Fsp3) is 0.400. The fourth-order valence-corrected chi connectivity index (χ4v) is 3.39. The van der Waals surface area contributed by atoms with E-state index in [2.05, 4.69) is 0 Å². The average molecular weight is 241 g/mol. The van der Waals surface area contributed by atoms with Crippen LogP contribution in [-0.4, -0.2) is 38.9 Å². The summed E-state index contributed by atoms with van der Waals surface area (Å²) >= 11 is 0. The molecule has 1 aliphatic heterocycles. The van der Waals surface area contributed by atoms with Gasteiger partial charge < -0.3 is 5.73 Å². The molecule has 16 heavy (non-hydrogen) atoms. The third kappa shape index (κ3) is 1.68. The Kier molecular flexibility index (Phi) is 2.88. The van der Waals surface area contributed by atoms with Crippen molar-refractivity contribution in [2.24, 2.45) is 5.73 Å².